The molecule has 0 aliphatic heterocycles. The third-order valence-electron chi connectivity index (χ3n) is 2.62. The number of carbonyl (C=O) groups excluding carboxylic acids is 1. The Kier molecular flexibility index (Phi) is 12.1. The number of rotatable bonds is 8. The molecular weight excluding hydrogens is 280 g/mol. The van der Waals surface area contributed by atoms with Crippen LogP contribution in [0.3, 0.4) is 0 Å². The fourth-order valence-electron chi connectivity index (χ4n) is 1.49. The summed E-state index contributed by atoms with van der Waals surface area (Å²) in [6.07, 6.45) is 3.10. The molecule has 0 aliphatic rings. The van der Waals surface area contributed by atoms with E-state index in [4.69, 9.17) is 14.2 Å². The zero-order chi connectivity index (χ0) is 16.8. The van der Waals surface area contributed by atoms with E-state index >= 15 is 0 Å². The van der Waals surface area contributed by atoms with Crippen LogP contribution in [0.4, 0.5) is 0 Å². The van der Waals surface area contributed by atoms with Crippen LogP contribution in [-0.2, 0) is 14.2 Å². The van der Waals surface area contributed by atoms with Crippen LogP contribution < -0.4 is 0 Å². The fourth-order valence-corrected chi connectivity index (χ4v) is 1.49. The van der Waals surface area contributed by atoms with Crippen LogP contribution in [0.1, 0.15) is 43.6 Å². The molecule has 0 bridgehead atoms. The third-order valence-corrected chi connectivity index (χ3v) is 2.62. The summed E-state index contributed by atoms with van der Waals surface area (Å²) in [5.74, 6) is 0.125. The van der Waals surface area contributed by atoms with Crippen LogP contribution in [0.2, 0.25) is 0 Å². The largest absolute Gasteiger partial charge is 0.502 e. The monoisotopic (exact) mass is 308 g/mol. The molecule has 0 radical (unpaired) electrons. The van der Waals surface area contributed by atoms with E-state index in [0.717, 1.165) is 5.56 Å². The second kappa shape index (κ2) is 13.0. The maximum Gasteiger partial charge on any atom is 0.179 e. The Hall–Kier alpha value is -1.65. The Morgan fingerprint density at radius 2 is 1.59 bits per heavy atom. The van der Waals surface area contributed by atoms with Gasteiger partial charge in [-0.05, 0) is 34.6 Å². The van der Waals surface area contributed by atoms with Gasteiger partial charge in [0.2, 0.25) is 0 Å². The van der Waals surface area contributed by atoms with Crippen molar-refractivity contribution in [1.82, 2.24) is 0 Å². The minimum atomic E-state index is -0.272. The van der Waals surface area contributed by atoms with Gasteiger partial charge in [0.25, 0.3) is 0 Å². The summed E-state index contributed by atoms with van der Waals surface area (Å²) in [6, 6.07) is 7.57. The summed E-state index contributed by atoms with van der Waals surface area (Å²) in [6.45, 7) is 11.3. The molecule has 0 spiro atoms. The predicted molar refractivity (Wildman–Crippen MR) is 89.0 cm³/mol. The quantitative estimate of drug-likeness (QED) is 0.411. The molecule has 0 aliphatic carbocycles. The van der Waals surface area contributed by atoms with E-state index in [9.17, 15) is 4.79 Å². The van der Waals surface area contributed by atoms with Crippen molar-refractivity contribution >= 4 is 5.78 Å². The number of benzene rings is 1. The highest BCUT2D eigenvalue weighted by Gasteiger charge is 2.00. The van der Waals surface area contributed by atoms with Gasteiger partial charge in [-0.1, -0.05) is 29.8 Å². The smallest absolute Gasteiger partial charge is 0.179 e. The van der Waals surface area contributed by atoms with Crippen molar-refractivity contribution in [2.24, 2.45) is 0 Å². The van der Waals surface area contributed by atoms with E-state index < -0.39 is 0 Å². The van der Waals surface area contributed by atoms with Gasteiger partial charge in [-0.2, -0.15) is 0 Å². The molecule has 0 saturated heterocycles. The van der Waals surface area contributed by atoms with Crippen molar-refractivity contribution in [2.45, 2.75) is 40.9 Å². The van der Waals surface area contributed by atoms with Gasteiger partial charge in [0.15, 0.2) is 12.1 Å². The zero-order valence-electron chi connectivity index (χ0n) is 14.3. The molecule has 0 heterocycles. The minimum Gasteiger partial charge on any atom is -0.502 e. The molecule has 0 atom stereocenters. The molecule has 0 N–H and O–H groups in total. The minimum absolute atomic E-state index is 0.125. The molecule has 0 amide bonds. The number of hydrogen-bond donors (Lipinski definition) is 0. The van der Waals surface area contributed by atoms with Crippen molar-refractivity contribution < 1.29 is 19.0 Å². The van der Waals surface area contributed by atoms with E-state index in [-0.39, 0.29) is 12.1 Å². The van der Waals surface area contributed by atoms with E-state index in [1.54, 1.807) is 19.3 Å². The van der Waals surface area contributed by atoms with E-state index in [0.29, 0.717) is 19.8 Å². The molecular formula is C18H28O4. The summed E-state index contributed by atoms with van der Waals surface area (Å²) < 4.78 is 15.5. The lowest BCUT2D eigenvalue weighted by atomic mass is 10.1. The number of ketones is 1. The fraction of sp³-hybridized carbons (Fsp3) is 0.500. The van der Waals surface area contributed by atoms with Crippen LogP contribution >= 0.6 is 0 Å². The number of Topliss-reactive ketones (excluding diaryl/α,β-unsaturated/α-hetero) is 1. The molecule has 1 aromatic rings. The number of aryl methyl sites for hydroxylation is 1. The molecule has 1 rings (SSSR count). The molecule has 0 unspecified atom stereocenters. The molecule has 4 nitrogen and oxygen atoms in total. The SMILES string of the molecule is CC(=O)c1ccc(C)cc1.CCO/C=C/C(OCC)OCC. The Morgan fingerprint density at radius 3 is 2.00 bits per heavy atom. The first-order chi connectivity index (χ1) is 10.5. The van der Waals surface area contributed by atoms with Crippen LogP contribution in [-0.4, -0.2) is 31.9 Å². The second-order valence-corrected chi connectivity index (χ2v) is 4.49. The van der Waals surface area contributed by atoms with Crippen molar-refractivity contribution in [3.8, 4) is 0 Å². The molecule has 124 valence electrons. The molecule has 22 heavy (non-hydrogen) atoms. The van der Waals surface area contributed by atoms with E-state index in [2.05, 4.69) is 0 Å². The average Bonchev–Trinajstić information content (AvgIpc) is 2.49. The van der Waals surface area contributed by atoms with Crippen LogP contribution in [0.15, 0.2) is 36.6 Å². The Morgan fingerprint density at radius 1 is 1.05 bits per heavy atom. The first-order valence-electron chi connectivity index (χ1n) is 7.64. The van der Waals surface area contributed by atoms with E-state index in [1.165, 1.54) is 5.56 Å². The van der Waals surface area contributed by atoms with Crippen LogP contribution in [0.25, 0.3) is 0 Å². The van der Waals surface area contributed by atoms with Gasteiger partial charge in [0.05, 0.1) is 12.9 Å². The lowest BCUT2D eigenvalue weighted by Crippen LogP contribution is -2.14. The predicted octanol–water partition coefficient (Wildman–Crippen LogP) is 4.13. The molecule has 0 fully saturated rings. The number of ether oxygens (including phenoxy) is 3. The Bertz CT molecular complexity index is 417. The van der Waals surface area contributed by atoms with Gasteiger partial charge >= 0.3 is 0 Å². The van der Waals surface area contributed by atoms with Gasteiger partial charge in [0, 0.05) is 24.9 Å². The Labute approximate surface area is 134 Å². The highest BCUT2D eigenvalue weighted by Crippen LogP contribution is 2.02. The molecule has 4 heteroatoms. The molecule has 0 aromatic heterocycles. The molecule has 0 saturated carbocycles. The summed E-state index contributed by atoms with van der Waals surface area (Å²) in [7, 11) is 0. The van der Waals surface area contributed by atoms with Gasteiger partial charge in [-0.15, -0.1) is 0 Å². The maximum atomic E-state index is 10.8. The van der Waals surface area contributed by atoms with Crippen molar-refractivity contribution in [3.05, 3.63) is 47.7 Å². The van der Waals surface area contributed by atoms with Gasteiger partial charge < -0.3 is 14.2 Å². The highest BCUT2D eigenvalue weighted by atomic mass is 16.7. The normalized spacial score (nSPS) is 10.5. The van der Waals surface area contributed by atoms with Crippen molar-refractivity contribution in [3.63, 3.8) is 0 Å². The summed E-state index contributed by atoms with van der Waals surface area (Å²) >= 11 is 0. The lowest BCUT2D eigenvalue weighted by Gasteiger charge is -2.11. The number of carbonyl (C=O) groups is 1. The van der Waals surface area contributed by atoms with Gasteiger partial charge in [0.1, 0.15) is 0 Å². The Balaban J connectivity index is 0.000000406. The van der Waals surface area contributed by atoms with Crippen molar-refractivity contribution in [2.75, 3.05) is 19.8 Å². The summed E-state index contributed by atoms with van der Waals surface area (Å²) in [4.78, 5) is 10.8. The lowest BCUT2D eigenvalue weighted by molar-refractivity contribution is -0.104. The van der Waals surface area contributed by atoms with Crippen molar-refractivity contribution in [1.29, 1.82) is 0 Å². The number of hydrogen-bond acceptors (Lipinski definition) is 4. The zero-order valence-corrected chi connectivity index (χ0v) is 14.3. The van der Waals surface area contributed by atoms with Gasteiger partial charge in [-0.3, -0.25) is 4.79 Å². The highest BCUT2D eigenvalue weighted by molar-refractivity contribution is 5.93. The standard InChI is InChI=1S/C9H18O3.C9H10O/c1-4-10-8-7-9(11-5-2)12-6-3;1-7-3-5-9(6-4-7)8(2)10/h7-9H,4-6H2,1-3H3;3-6H,1-2H3/b8-7+;. The average molecular weight is 308 g/mol. The van der Waals surface area contributed by atoms with Crippen LogP contribution in [0.5, 0.6) is 0 Å². The van der Waals surface area contributed by atoms with Crippen LogP contribution in [0, 0.1) is 6.92 Å². The summed E-state index contributed by atoms with van der Waals surface area (Å²) in [5.41, 5.74) is 1.97. The first kappa shape index (κ1) is 20.3. The topological polar surface area (TPSA) is 44.8 Å². The first-order valence-corrected chi connectivity index (χ1v) is 7.64. The maximum absolute atomic E-state index is 10.8. The molecule has 1 aromatic carbocycles. The second-order valence-electron chi connectivity index (χ2n) is 4.49. The van der Waals surface area contributed by atoms with Gasteiger partial charge in [-0.25, -0.2) is 0 Å². The van der Waals surface area contributed by atoms with E-state index in [1.807, 2.05) is 52.0 Å². The third kappa shape index (κ3) is 10.1. The summed E-state index contributed by atoms with van der Waals surface area (Å²) in [5, 5.41) is 0.